The van der Waals surface area contributed by atoms with Gasteiger partial charge in [0, 0.05) is 10.7 Å². The molecular weight excluding hydrogens is 386 g/mol. The fraction of sp³-hybridized carbons (Fsp3) is 0.417. The molecule has 2 aromatic rings. The topological polar surface area (TPSA) is 46.6 Å². The van der Waals surface area contributed by atoms with Gasteiger partial charge in [-0.05, 0) is 52.6 Å². The lowest BCUT2D eigenvalue weighted by Crippen LogP contribution is -2.37. The van der Waals surface area contributed by atoms with Crippen molar-refractivity contribution < 1.29 is 14.3 Å². The highest BCUT2D eigenvalue weighted by molar-refractivity contribution is 6.38. The maximum Gasteiger partial charge on any atom is 0.397 e. The first-order valence-corrected chi connectivity index (χ1v) is 10.2. The normalized spacial score (nSPS) is 12.4. The number of ether oxygens (including phenoxy) is 1. The monoisotopic (exact) mass is 415 g/mol. The van der Waals surface area contributed by atoms with Gasteiger partial charge in [-0.3, -0.25) is 9.69 Å². The van der Waals surface area contributed by atoms with E-state index < -0.39 is 11.9 Å². The van der Waals surface area contributed by atoms with Gasteiger partial charge >= 0.3 is 11.9 Å². The van der Waals surface area contributed by atoms with Gasteiger partial charge in [0.2, 0.25) is 0 Å². The van der Waals surface area contributed by atoms with Gasteiger partial charge in [-0.2, -0.15) is 0 Å². The minimum absolute atomic E-state index is 0.0431. The van der Waals surface area contributed by atoms with Crippen molar-refractivity contribution >= 4 is 29.2 Å². The Morgan fingerprint density at radius 2 is 1.72 bits per heavy atom. The van der Waals surface area contributed by atoms with Crippen LogP contribution in [0.3, 0.4) is 0 Å². The SMILES string of the molecule is CCC(C)c1cc(N(Cc2ccc(C(C)(C)C)cc2)C(=O)C(=O)OC)ccc1Cl. The average Bonchev–Trinajstić information content (AvgIpc) is 2.70. The second-order valence-corrected chi connectivity index (χ2v) is 8.75. The van der Waals surface area contributed by atoms with Crippen LogP contribution in [0.2, 0.25) is 5.02 Å². The molecule has 1 amide bonds. The van der Waals surface area contributed by atoms with Gasteiger partial charge in [-0.25, -0.2) is 4.79 Å². The molecule has 1 atom stereocenters. The number of halogens is 1. The van der Waals surface area contributed by atoms with E-state index in [2.05, 4.69) is 51.5 Å². The van der Waals surface area contributed by atoms with E-state index in [1.807, 2.05) is 18.2 Å². The van der Waals surface area contributed by atoms with Crippen molar-refractivity contribution in [1.29, 1.82) is 0 Å². The van der Waals surface area contributed by atoms with Crippen LogP contribution in [0.15, 0.2) is 42.5 Å². The summed E-state index contributed by atoms with van der Waals surface area (Å²) in [6.07, 6.45) is 0.919. The number of hydrogen-bond acceptors (Lipinski definition) is 3. The van der Waals surface area contributed by atoms with Crippen LogP contribution in [0.1, 0.15) is 63.6 Å². The molecule has 0 N–H and O–H groups in total. The summed E-state index contributed by atoms with van der Waals surface area (Å²) in [6.45, 7) is 10.9. The van der Waals surface area contributed by atoms with Crippen LogP contribution in [0.5, 0.6) is 0 Å². The smallest absolute Gasteiger partial charge is 0.397 e. The number of methoxy groups -OCH3 is 1. The number of esters is 1. The Bertz CT molecular complexity index is 869. The quantitative estimate of drug-likeness (QED) is 0.454. The van der Waals surface area contributed by atoms with Crippen LogP contribution < -0.4 is 4.90 Å². The van der Waals surface area contributed by atoms with Crippen LogP contribution in [-0.2, 0) is 26.3 Å². The minimum atomic E-state index is -0.892. The molecule has 29 heavy (non-hydrogen) atoms. The highest BCUT2D eigenvalue weighted by atomic mass is 35.5. The number of benzene rings is 2. The predicted octanol–water partition coefficient (Wildman–Crippen LogP) is 5.86. The van der Waals surface area contributed by atoms with Crippen molar-refractivity contribution in [3.05, 3.63) is 64.2 Å². The third-order valence-electron chi connectivity index (χ3n) is 5.20. The van der Waals surface area contributed by atoms with E-state index in [-0.39, 0.29) is 17.9 Å². The zero-order valence-electron chi connectivity index (χ0n) is 18.1. The molecule has 156 valence electrons. The maximum absolute atomic E-state index is 12.8. The molecule has 4 nitrogen and oxygen atoms in total. The van der Waals surface area contributed by atoms with Crippen molar-refractivity contribution in [3.8, 4) is 0 Å². The number of hydrogen-bond donors (Lipinski definition) is 0. The average molecular weight is 416 g/mol. The molecule has 0 spiro atoms. The van der Waals surface area contributed by atoms with Gasteiger partial charge in [-0.1, -0.05) is 70.5 Å². The lowest BCUT2D eigenvalue weighted by Gasteiger charge is -2.24. The first-order chi connectivity index (χ1) is 13.6. The van der Waals surface area contributed by atoms with Crippen LogP contribution in [0.4, 0.5) is 5.69 Å². The van der Waals surface area contributed by atoms with E-state index in [0.29, 0.717) is 10.7 Å². The number of nitrogens with zero attached hydrogens (tertiary/aromatic N) is 1. The number of anilines is 1. The van der Waals surface area contributed by atoms with Crippen molar-refractivity contribution in [1.82, 2.24) is 0 Å². The molecule has 0 saturated heterocycles. The summed E-state index contributed by atoms with van der Waals surface area (Å²) in [5.41, 5.74) is 3.76. The molecule has 0 aliphatic heterocycles. The van der Waals surface area contributed by atoms with E-state index in [4.69, 9.17) is 11.6 Å². The van der Waals surface area contributed by atoms with Gasteiger partial charge in [0.25, 0.3) is 0 Å². The molecule has 0 aliphatic rings. The number of carbonyl (C=O) groups is 2. The summed E-state index contributed by atoms with van der Waals surface area (Å²) in [5, 5.41) is 0.656. The first-order valence-electron chi connectivity index (χ1n) is 9.87. The second kappa shape index (κ2) is 9.45. The molecule has 0 radical (unpaired) electrons. The standard InChI is InChI=1S/C24H30ClNO3/c1-7-16(2)20-14-19(12-13-21(20)25)26(22(27)23(28)29-6)15-17-8-10-18(11-9-17)24(3,4)5/h8-14,16H,7,15H2,1-6H3. The van der Waals surface area contributed by atoms with Crippen LogP contribution >= 0.6 is 11.6 Å². The largest absolute Gasteiger partial charge is 0.462 e. The molecule has 0 aliphatic carbocycles. The van der Waals surface area contributed by atoms with Gasteiger partial charge < -0.3 is 4.74 Å². The highest BCUT2D eigenvalue weighted by Crippen LogP contribution is 2.32. The molecule has 0 bridgehead atoms. The van der Waals surface area contributed by atoms with Gasteiger partial charge in [0.15, 0.2) is 0 Å². The van der Waals surface area contributed by atoms with Crippen LogP contribution in [0.25, 0.3) is 0 Å². The molecular formula is C24H30ClNO3. The van der Waals surface area contributed by atoms with E-state index >= 15 is 0 Å². The van der Waals surface area contributed by atoms with E-state index in [1.165, 1.54) is 17.6 Å². The lowest BCUT2D eigenvalue weighted by molar-refractivity contribution is -0.151. The summed E-state index contributed by atoms with van der Waals surface area (Å²) in [4.78, 5) is 26.2. The van der Waals surface area contributed by atoms with E-state index in [0.717, 1.165) is 17.5 Å². The maximum atomic E-state index is 12.8. The van der Waals surface area contributed by atoms with Crippen LogP contribution in [-0.4, -0.2) is 19.0 Å². The van der Waals surface area contributed by atoms with Crippen molar-refractivity contribution in [3.63, 3.8) is 0 Å². The highest BCUT2D eigenvalue weighted by Gasteiger charge is 2.25. The molecule has 0 aromatic heterocycles. The van der Waals surface area contributed by atoms with Gasteiger partial charge in [0.05, 0.1) is 13.7 Å². The Hall–Kier alpha value is -2.33. The lowest BCUT2D eigenvalue weighted by atomic mass is 9.87. The first kappa shape index (κ1) is 23.0. The summed E-state index contributed by atoms with van der Waals surface area (Å²) in [5.74, 6) is -1.36. The second-order valence-electron chi connectivity index (χ2n) is 8.34. The Balaban J connectivity index is 2.43. The fourth-order valence-electron chi connectivity index (χ4n) is 3.07. The molecule has 2 rings (SSSR count). The Kier molecular flexibility index (Phi) is 7.48. The number of rotatable bonds is 5. The molecule has 0 saturated carbocycles. The third kappa shape index (κ3) is 5.60. The van der Waals surface area contributed by atoms with Gasteiger partial charge in [0.1, 0.15) is 0 Å². The molecule has 5 heteroatoms. The molecule has 1 unspecified atom stereocenters. The molecule has 0 fully saturated rings. The zero-order valence-corrected chi connectivity index (χ0v) is 18.8. The zero-order chi connectivity index (χ0) is 21.8. The van der Waals surface area contributed by atoms with Crippen LogP contribution in [0, 0.1) is 0 Å². The van der Waals surface area contributed by atoms with Crippen molar-refractivity contribution in [2.75, 3.05) is 12.0 Å². The predicted molar refractivity (Wildman–Crippen MR) is 119 cm³/mol. The summed E-state index contributed by atoms with van der Waals surface area (Å²) in [6, 6.07) is 13.5. The summed E-state index contributed by atoms with van der Waals surface area (Å²) < 4.78 is 4.68. The Morgan fingerprint density at radius 3 is 2.24 bits per heavy atom. The van der Waals surface area contributed by atoms with E-state index in [1.54, 1.807) is 12.1 Å². The van der Waals surface area contributed by atoms with E-state index in [9.17, 15) is 9.59 Å². The fourth-order valence-corrected chi connectivity index (χ4v) is 3.37. The van der Waals surface area contributed by atoms with Gasteiger partial charge in [-0.15, -0.1) is 0 Å². The number of carbonyl (C=O) groups excluding carboxylic acids is 2. The molecule has 0 heterocycles. The Labute approximate surface area is 178 Å². The Morgan fingerprint density at radius 1 is 1.10 bits per heavy atom. The van der Waals surface area contributed by atoms with Crippen molar-refractivity contribution in [2.45, 2.75) is 58.9 Å². The number of amides is 1. The summed E-state index contributed by atoms with van der Waals surface area (Å²) >= 11 is 6.37. The molecule has 2 aromatic carbocycles. The van der Waals surface area contributed by atoms with Crippen molar-refractivity contribution in [2.24, 2.45) is 0 Å². The minimum Gasteiger partial charge on any atom is -0.462 e. The third-order valence-corrected chi connectivity index (χ3v) is 5.54. The summed E-state index contributed by atoms with van der Waals surface area (Å²) in [7, 11) is 1.21.